The van der Waals surface area contributed by atoms with Gasteiger partial charge in [0.15, 0.2) is 0 Å². The predicted molar refractivity (Wildman–Crippen MR) is 62.8 cm³/mol. The fourth-order valence-corrected chi connectivity index (χ4v) is 1.91. The Labute approximate surface area is 105 Å². The smallest absolute Gasteiger partial charge is 0.337 e. The van der Waals surface area contributed by atoms with Crippen LogP contribution in [0, 0.1) is 0 Å². The number of nitrogens with two attached hydrogens (primary N) is 1. The molecule has 0 saturated heterocycles. The van der Waals surface area contributed by atoms with Crippen molar-refractivity contribution < 1.29 is 18.0 Å². The van der Waals surface area contributed by atoms with Crippen LogP contribution in [-0.2, 0) is 4.79 Å². The fourth-order valence-electron chi connectivity index (χ4n) is 1.91. The van der Waals surface area contributed by atoms with Gasteiger partial charge in [0.2, 0.25) is 5.91 Å². The Hall–Kier alpha value is -1.04. The number of alkyl halides is 3. The number of halogens is 3. The van der Waals surface area contributed by atoms with E-state index in [1.54, 1.807) is 0 Å². The normalized spacial score (nSPS) is 18.5. The standard InChI is InChI=1S/C12H19F3N2O/c1-2-3-4-10(16)11(18)17-7-5-9(6-8-17)12(13,14)15/h5,10H,2-4,6-8,16H2,1H3/t10-/m0/s1. The van der Waals surface area contributed by atoms with Crippen molar-refractivity contribution in [3.05, 3.63) is 11.6 Å². The van der Waals surface area contributed by atoms with Crippen LogP contribution in [0.1, 0.15) is 32.6 Å². The van der Waals surface area contributed by atoms with Gasteiger partial charge < -0.3 is 10.6 Å². The number of hydrogen-bond donors (Lipinski definition) is 1. The third kappa shape index (κ3) is 4.01. The van der Waals surface area contributed by atoms with Crippen molar-refractivity contribution in [1.82, 2.24) is 4.90 Å². The molecule has 18 heavy (non-hydrogen) atoms. The van der Waals surface area contributed by atoms with Crippen molar-refractivity contribution in [3.8, 4) is 0 Å². The summed E-state index contributed by atoms with van der Waals surface area (Å²) in [5.41, 5.74) is 5.17. The highest BCUT2D eigenvalue weighted by atomic mass is 19.4. The molecule has 0 spiro atoms. The first kappa shape index (κ1) is 15.0. The second kappa shape index (κ2) is 6.22. The van der Waals surface area contributed by atoms with Gasteiger partial charge in [-0.1, -0.05) is 25.8 Å². The zero-order valence-electron chi connectivity index (χ0n) is 10.5. The lowest BCUT2D eigenvalue weighted by molar-refractivity contribution is -0.133. The van der Waals surface area contributed by atoms with E-state index in [1.807, 2.05) is 6.92 Å². The molecule has 0 aromatic rings. The molecule has 1 heterocycles. The summed E-state index contributed by atoms with van der Waals surface area (Å²) in [5.74, 6) is -0.249. The summed E-state index contributed by atoms with van der Waals surface area (Å²) in [5, 5.41) is 0. The predicted octanol–water partition coefficient (Wildman–Crippen LogP) is 2.22. The molecule has 0 unspecified atom stereocenters. The minimum absolute atomic E-state index is 0.00744. The maximum atomic E-state index is 12.4. The van der Waals surface area contributed by atoms with Crippen LogP contribution >= 0.6 is 0 Å². The van der Waals surface area contributed by atoms with E-state index in [0.29, 0.717) is 6.42 Å². The third-order valence-corrected chi connectivity index (χ3v) is 3.07. The lowest BCUT2D eigenvalue weighted by atomic mass is 10.1. The average Bonchev–Trinajstić information content (AvgIpc) is 2.34. The van der Waals surface area contributed by atoms with Gasteiger partial charge in [0.05, 0.1) is 6.04 Å². The van der Waals surface area contributed by atoms with E-state index in [9.17, 15) is 18.0 Å². The summed E-state index contributed by atoms with van der Waals surface area (Å²) in [6, 6.07) is -0.592. The molecule has 104 valence electrons. The van der Waals surface area contributed by atoms with E-state index in [2.05, 4.69) is 0 Å². The van der Waals surface area contributed by atoms with Gasteiger partial charge in [0.1, 0.15) is 0 Å². The lowest BCUT2D eigenvalue weighted by Crippen LogP contribution is -2.46. The van der Waals surface area contributed by atoms with Gasteiger partial charge in [-0.2, -0.15) is 13.2 Å². The highest BCUT2D eigenvalue weighted by molar-refractivity contribution is 5.81. The first-order valence-electron chi connectivity index (χ1n) is 6.16. The fraction of sp³-hybridized carbons (Fsp3) is 0.750. The minimum atomic E-state index is -4.28. The number of rotatable bonds is 4. The Bertz CT molecular complexity index is 326. The summed E-state index contributed by atoms with van der Waals surface area (Å²) in [7, 11) is 0. The minimum Gasteiger partial charge on any atom is -0.337 e. The first-order valence-corrected chi connectivity index (χ1v) is 6.16. The van der Waals surface area contributed by atoms with Crippen molar-refractivity contribution in [2.75, 3.05) is 13.1 Å². The number of carbonyl (C=O) groups excluding carboxylic acids is 1. The van der Waals surface area contributed by atoms with Crippen molar-refractivity contribution in [2.24, 2.45) is 5.73 Å². The van der Waals surface area contributed by atoms with Gasteiger partial charge in [0, 0.05) is 18.7 Å². The van der Waals surface area contributed by atoms with Crippen molar-refractivity contribution in [1.29, 1.82) is 0 Å². The Morgan fingerprint density at radius 3 is 2.67 bits per heavy atom. The van der Waals surface area contributed by atoms with E-state index < -0.39 is 17.8 Å². The molecule has 1 atom stereocenters. The Morgan fingerprint density at radius 2 is 2.22 bits per heavy atom. The third-order valence-electron chi connectivity index (χ3n) is 3.07. The molecule has 6 heteroatoms. The molecule has 1 aliphatic heterocycles. The maximum absolute atomic E-state index is 12.4. The Balaban J connectivity index is 2.52. The number of amides is 1. The molecule has 1 amide bonds. The van der Waals surface area contributed by atoms with E-state index in [4.69, 9.17) is 5.73 Å². The SMILES string of the molecule is CCCC[C@H](N)C(=O)N1CC=C(C(F)(F)F)CC1. The lowest BCUT2D eigenvalue weighted by Gasteiger charge is -2.29. The second-order valence-corrected chi connectivity index (χ2v) is 4.51. The van der Waals surface area contributed by atoms with Gasteiger partial charge in [0.25, 0.3) is 0 Å². The van der Waals surface area contributed by atoms with Crippen molar-refractivity contribution >= 4 is 5.91 Å². The molecular formula is C12H19F3N2O. The van der Waals surface area contributed by atoms with Crippen LogP contribution in [0.3, 0.4) is 0 Å². The molecule has 0 aromatic carbocycles. The monoisotopic (exact) mass is 264 g/mol. The van der Waals surface area contributed by atoms with E-state index >= 15 is 0 Å². The molecule has 0 fully saturated rings. The summed E-state index contributed by atoms with van der Waals surface area (Å²) >= 11 is 0. The summed E-state index contributed by atoms with van der Waals surface area (Å²) < 4.78 is 37.2. The number of unbranched alkanes of at least 4 members (excludes halogenated alkanes) is 1. The summed E-state index contributed by atoms with van der Waals surface area (Å²) in [6.45, 7) is 2.11. The zero-order valence-corrected chi connectivity index (χ0v) is 10.5. The van der Waals surface area contributed by atoms with Crippen LogP contribution in [0.15, 0.2) is 11.6 Å². The maximum Gasteiger partial charge on any atom is 0.412 e. The van der Waals surface area contributed by atoms with E-state index in [-0.39, 0.29) is 25.4 Å². The molecule has 2 N–H and O–H groups in total. The van der Waals surface area contributed by atoms with Gasteiger partial charge in [-0.15, -0.1) is 0 Å². The van der Waals surface area contributed by atoms with Gasteiger partial charge in [-0.25, -0.2) is 0 Å². The highest BCUT2D eigenvalue weighted by Gasteiger charge is 2.35. The summed E-state index contributed by atoms with van der Waals surface area (Å²) in [4.78, 5) is 13.2. The molecule has 0 radical (unpaired) electrons. The largest absolute Gasteiger partial charge is 0.412 e. The van der Waals surface area contributed by atoms with Crippen LogP contribution in [-0.4, -0.2) is 36.1 Å². The van der Waals surface area contributed by atoms with E-state index in [0.717, 1.165) is 18.9 Å². The number of hydrogen-bond acceptors (Lipinski definition) is 2. The molecule has 1 aliphatic rings. The summed E-state index contributed by atoms with van der Waals surface area (Å²) in [6.07, 6.45) is -0.964. The van der Waals surface area contributed by atoms with Crippen molar-refractivity contribution in [3.63, 3.8) is 0 Å². The van der Waals surface area contributed by atoms with Gasteiger partial charge in [-0.05, 0) is 12.8 Å². The Morgan fingerprint density at radius 1 is 1.56 bits per heavy atom. The van der Waals surface area contributed by atoms with Crippen LogP contribution in [0.5, 0.6) is 0 Å². The van der Waals surface area contributed by atoms with Crippen LogP contribution in [0.4, 0.5) is 13.2 Å². The second-order valence-electron chi connectivity index (χ2n) is 4.51. The molecule has 0 aliphatic carbocycles. The average molecular weight is 264 g/mol. The Kier molecular flexibility index (Phi) is 5.19. The van der Waals surface area contributed by atoms with E-state index in [1.165, 1.54) is 4.90 Å². The van der Waals surface area contributed by atoms with Gasteiger partial charge >= 0.3 is 6.18 Å². The van der Waals surface area contributed by atoms with Crippen LogP contribution < -0.4 is 5.73 Å². The topological polar surface area (TPSA) is 46.3 Å². The van der Waals surface area contributed by atoms with Crippen molar-refractivity contribution in [2.45, 2.75) is 44.8 Å². The number of carbonyl (C=O) groups is 1. The zero-order chi connectivity index (χ0) is 13.8. The molecule has 0 saturated carbocycles. The van der Waals surface area contributed by atoms with Crippen LogP contribution in [0.2, 0.25) is 0 Å². The highest BCUT2D eigenvalue weighted by Crippen LogP contribution is 2.30. The van der Waals surface area contributed by atoms with Crippen LogP contribution in [0.25, 0.3) is 0 Å². The quantitative estimate of drug-likeness (QED) is 0.791. The first-order chi connectivity index (χ1) is 8.36. The molecule has 3 nitrogen and oxygen atoms in total. The molecule has 0 aromatic heterocycles. The molecular weight excluding hydrogens is 245 g/mol. The van der Waals surface area contributed by atoms with Gasteiger partial charge in [-0.3, -0.25) is 4.79 Å². The number of nitrogens with zero attached hydrogens (tertiary/aromatic N) is 1. The molecule has 0 bridgehead atoms. The molecule has 1 rings (SSSR count).